The van der Waals surface area contributed by atoms with Crippen LogP contribution in [0.2, 0.25) is 10.0 Å². The minimum absolute atomic E-state index is 0.189. The highest BCUT2D eigenvalue weighted by molar-refractivity contribution is 14.1. The maximum atomic E-state index is 11.9. The van der Waals surface area contributed by atoms with Gasteiger partial charge in [-0.25, -0.2) is 4.98 Å². The van der Waals surface area contributed by atoms with Gasteiger partial charge in [0.1, 0.15) is 9.39 Å². The minimum atomic E-state index is -0.189. The molecular weight excluding hydrogens is 414 g/mol. The average molecular weight is 425 g/mol. The van der Waals surface area contributed by atoms with Crippen molar-refractivity contribution in [2.45, 2.75) is 13.0 Å². The molecule has 0 fully saturated rings. The lowest BCUT2D eigenvalue weighted by Crippen LogP contribution is -2.19. The second-order valence-electron chi connectivity index (χ2n) is 4.08. The topological polar surface area (TPSA) is 55.0 Å². The molecule has 0 bridgehead atoms. The van der Waals surface area contributed by atoms with E-state index in [-0.39, 0.29) is 12.2 Å². The highest BCUT2D eigenvalue weighted by atomic mass is 127. The number of H-pyrrole nitrogens is 1. The van der Waals surface area contributed by atoms with E-state index in [1.54, 1.807) is 25.3 Å². The summed E-state index contributed by atoms with van der Waals surface area (Å²) in [5.74, 6) is 0.512. The Balaban J connectivity index is 2.42. The number of nitrogens with one attached hydrogen (secondary N) is 1. The van der Waals surface area contributed by atoms with Crippen LogP contribution in [0, 0.1) is 3.57 Å². The summed E-state index contributed by atoms with van der Waals surface area (Å²) in [6.07, 6.45) is 0.362. The van der Waals surface area contributed by atoms with Crippen molar-refractivity contribution in [2.24, 2.45) is 0 Å². The summed E-state index contributed by atoms with van der Waals surface area (Å²) >= 11 is 14.2. The molecule has 0 aliphatic carbocycles. The molecule has 0 aliphatic rings. The van der Waals surface area contributed by atoms with Crippen LogP contribution >= 0.6 is 45.8 Å². The summed E-state index contributed by atoms with van der Waals surface area (Å²) in [5.41, 5.74) is 1.16. The summed E-state index contributed by atoms with van der Waals surface area (Å²) in [6, 6.07) is 5.28. The highest BCUT2D eigenvalue weighted by Crippen LogP contribution is 2.26. The third kappa shape index (κ3) is 3.52. The maximum absolute atomic E-state index is 11.9. The molecule has 2 aromatic rings. The van der Waals surface area contributed by atoms with Crippen molar-refractivity contribution in [1.82, 2.24) is 9.97 Å². The molecule has 1 aromatic heterocycles. The van der Waals surface area contributed by atoms with Gasteiger partial charge in [-0.3, -0.25) is 4.79 Å². The molecule has 1 aromatic carbocycles. The first-order valence-electron chi connectivity index (χ1n) is 5.72. The smallest absolute Gasteiger partial charge is 0.264 e. The Morgan fingerprint density at radius 1 is 1.35 bits per heavy atom. The molecule has 2 rings (SSSR count). The van der Waals surface area contributed by atoms with E-state index in [9.17, 15) is 4.79 Å². The number of aromatic amines is 1. The Morgan fingerprint density at radius 2 is 2.00 bits per heavy atom. The first-order chi connectivity index (χ1) is 9.52. The zero-order valence-corrected chi connectivity index (χ0v) is 14.2. The van der Waals surface area contributed by atoms with Gasteiger partial charge in [0.25, 0.3) is 5.56 Å². The molecule has 0 saturated carbocycles. The largest absolute Gasteiger partial charge is 0.378 e. The molecule has 106 valence electrons. The molecule has 0 aliphatic heterocycles. The molecule has 1 heterocycles. The molecular formula is C13H11Cl2IN2O2. The fourth-order valence-corrected chi connectivity index (χ4v) is 2.68. The van der Waals surface area contributed by atoms with Crippen molar-refractivity contribution in [2.75, 3.05) is 7.11 Å². The van der Waals surface area contributed by atoms with Crippen molar-refractivity contribution >= 4 is 45.8 Å². The van der Waals surface area contributed by atoms with E-state index in [0.29, 0.717) is 31.6 Å². The van der Waals surface area contributed by atoms with Crippen molar-refractivity contribution in [3.8, 4) is 0 Å². The Kier molecular flexibility index (Phi) is 5.42. The first-order valence-corrected chi connectivity index (χ1v) is 7.55. The second-order valence-corrected chi connectivity index (χ2v) is 5.98. The molecule has 1 N–H and O–H groups in total. The fourth-order valence-electron chi connectivity index (χ4n) is 1.74. The minimum Gasteiger partial charge on any atom is -0.378 e. The van der Waals surface area contributed by atoms with Crippen LogP contribution in [0.4, 0.5) is 0 Å². The van der Waals surface area contributed by atoms with Crippen molar-refractivity contribution in [1.29, 1.82) is 0 Å². The van der Waals surface area contributed by atoms with Gasteiger partial charge in [-0.1, -0.05) is 29.3 Å². The van der Waals surface area contributed by atoms with Crippen LogP contribution in [0.25, 0.3) is 0 Å². The number of ether oxygens (including phenoxy) is 1. The van der Waals surface area contributed by atoms with Crippen LogP contribution in [0.1, 0.15) is 17.1 Å². The first kappa shape index (κ1) is 15.8. The quantitative estimate of drug-likeness (QED) is 0.765. The van der Waals surface area contributed by atoms with E-state index in [1.165, 1.54) is 0 Å². The van der Waals surface area contributed by atoms with Gasteiger partial charge in [-0.05, 0) is 40.3 Å². The van der Waals surface area contributed by atoms with Gasteiger partial charge in [0.15, 0.2) is 0 Å². The molecule has 0 spiro atoms. The summed E-state index contributed by atoms with van der Waals surface area (Å²) in [4.78, 5) is 19.0. The lowest BCUT2D eigenvalue weighted by Gasteiger charge is -2.08. The number of rotatable bonds is 4. The predicted molar refractivity (Wildman–Crippen MR) is 87.6 cm³/mol. The molecule has 0 radical (unpaired) electrons. The lowest BCUT2D eigenvalue weighted by atomic mass is 10.1. The van der Waals surface area contributed by atoms with Crippen molar-refractivity contribution < 1.29 is 4.74 Å². The molecule has 0 atom stereocenters. The molecule has 0 unspecified atom stereocenters. The Morgan fingerprint density at radius 3 is 2.60 bits per heavy atom. The highest BCUT2D eigenvalue weighted by Gasteiger charge is 2.12. The summed E-state index contributed by atoms with van der Waals surface area (Å²) in [5, 5.41) is 1.10. The van der Waals surface area contributed by atoms with Gasteiger partial charge in [0, 0.05) is 23.6 Å². The van der Waals surface area contributed by atoms with Crippen LogP contribution in [0.3, 0.4) is 0 Å². The molecule has 0 amide bonds. The third-order valence-electron chi connectivity index (χ3n) is 2.67. The Hall–Kier alpha value is -0.630. The van der Waals surface area contributed by atoms with Gasteiger partial charge in [0.2, 0.25) is 0 Å². The number of hydrogen-bond donors (Lipinski definition) is 1. The fraction of sp³-hybridized carbons (Fsp3) is 0.231. The van der Waals surface area contributed by atoms with E-state index < -0.39 is 0 Å². The summed E-state index contributed by atoms with van der Waals surface area (Å²) in [6.45, 7) is 0.283. The molecule has 20 heavy (non-hydrogen) atoms. The molecule has 0 saturated heterocycles. The van der Waals surface area contributed by atoms with E-state index in [1.807, 2.05) is 22.6 Å². The zero-order valence-electron chi connectivity index (χ0n) is 10.5. The summed E-state index contributed by atoms with van der Waals surface area (Å²) < 4.78 is 5.57. The SMILES string of the molecule is COCc1nc(Cc2c(Cl)cccc2Cl)[nH]c(=O)c1I. The van der Waals surface area contributed by atoms with Gasteiger partial charge in [-0.2, -0.15) is 0 Å². The van der Waals surface area contributed by atoms with E-state index >= 15 is 0 Å². The van der Waals surface area contributed by atoms with E-state index in [4.69, 9.17) is 27.9 Å². The van der Waals surface area contributed by atoms with E-state index in [2.05, 4.69) is 9.97 Å². The standard InChI is InChI=1S/C13H11Cl2IN2O2/c1-20-6-10-12(16)13(19)18-11(17-10)5-7-8(14)3-2-4-9(7)15/h2-4H,5-6H2,1H3,(H,17,18,19). The van der Waals surface area contributed by atoms with E-state index in [0.717, 1.165) is 5.56 Å². The van der Waals surface area contributed by atoms with Crippen LogP contribution in [0.15, 0.2) is 23.0 Å². The normalized spacial score (nSPS) is 10.8. The lowest BCUT2D eigenvalue weighted by molar-refractivity contribution is 0.180. The third-order valence-corrected chi connectivity index (χ3v) is 4.49. The number of halogens is 3. The second kappa shape index (κ2) is 6.89. The van der Waals surface area contributed by atoms with Crippen molar-refractivity contribution in [3.05, 3.63) is 59.3 Å². The van der Waals surface area contributed by atoms with Crippen LogP contribution in [0.5, 0.6) is 0 Å². The molecule has 4 nitrogen and oxygen atoms in total. The van der Waals surface area contributed by atoms with Crippen LogP contribution in [-0.2, 0) is 17.8 Å². The molecule has 7 heteroatoms. The van der Waals surface area contributed by atoms with Gasteiger partial charge in [-0.15, -0.1) is 0 Å². The van der Waals surface area contributed by atoms with Gasteiger partial charge in [0.05, 0.1) is 12.3 Å². The zero-order chi connectivity index (χ0) is 14.7. The maximum Gasteiger partial charge on any atom is 0.264 e. The Labute approximate surface area is 139 Å². The number of aromatic nitrogens is 2. The number of hydrogen-bond acceptors (Lipinski definition) is 3. The predicted octanol–water partition coefficient (Wildman–Crippen LogP) is 3.42. The van der Waals surface area contributed by atoms with Gasteiger partial charge >= 0.3 is 0 Å². The van der Waals surface area contributed by atoms with Crippen LogP contribution < -0.4 is 5.56 Å². The van der Waals surface area contributed by atoms with Gasteiger partial charge < -0.3 is 9.72 Å². The number of methoxy groups -OCH3 is 1. The average Bonchev–Trinajstić information content (AvgIpc) is 2.40. The number of benzene rings is 1. The van der Waals surface area contributed by atoms with Crippen LogP contribution in [-0.4, -0.2) is 17.1 Å². The Bertz CT molecular complexity index is 668. The van der Waals surface area contributed by atoms with Crippen molar-refractivity contribution in [3.63, 3.8) is 0 Å². The number of nitrogens with zero attached hydrogens (tertiary/aromatic N) is 1. The summed E-state index contributed by atoms with van der Waals surface area (Å²) in [7, 11) is 1.56. The monoisotopic (exact) mass is 424 g/mol.